The smallest absolute Gasteiger partial charge is 0.0457 e. The highest BCUT2D eigenvalue weighted by atomic mass is 35.5. The van der Waals surface area contributed by atoms with Crippen LogP contribution >= 0.6 is 24.0 Å². The van der Waals surface area contributed by atoms with Gasteiger partial charge in [-0.1, -0.05) is 23.7 Å². The average Bonchev–Trinajstić information content (AvgIpc) is 2.64. The Kier molecular flexibility index (Phi) is 2.26. The quantitative estimate of drug-likeness (QED) is 0.701. The van der Waals surface area contributed by atoms with Gasteiger partial charge in [-0.15, -0.1) is 12.4 Å². The summed E-state index contributed by atoms with van der Waals surface area (Å²) in [5.74, 6) is 0. The van der Waals surface area contributed by atoms with Crippen LogP contribution in [0, 0.1) is 0 Å². The molecule has 0 radical (unpaired) electrons. The Balaban J connectivity index is 0.000000653. The number of hydrogen-bond donors (Lipinski definition) is 1. The zero-order valence-electron chi connectivity index (χ0n) is 7.09. The van der Waals surface area contributed by atoms with Gasteiger partial charge in [0, 0.05) is 17.1 Å². The highest BCUT2D eigenvalue weighted by Gasteiger charge is 2.37. The first-order valence-electron chi connectivity index (χ1n) is 4.40. The van der Waals surface area contributed by atoms with E-state index in [1.54, 1.807) is 0 Å². The molecular weight excluding hydrogens is 205 g/mol. The molecule has 3 heteroatoms. The van der Waals surface area contributed by atoms with E-state index in [1.807, 2.05) is 12.1 Å². The first-order chi connectivity index (χ1) is 5.86. The van der Waals surface area contributed by atoms with Crippen molar-refractivity contribution in [3.05, 3.63) is 34.3 Å². The third-order valence-corrected chi connectivity index (χ3v) is 3.29. The van der Waals surface area contributed by atoms with E-state index < -0.39 is 0 Å². The van der Waals surface area contributed by atoms with E-state index in [0.717, 1.165) is 5.02 Å². The molecule has 1 aromatic carbocycles. The first kappa shape index (κ1) is 9.32. The van der Waals surface area contributed by atoms with Gasteiger partial charge in [0.05, 0.1) is 0 Å². The Morgan fingerprint density at radius 1 is 1.23 bits per heavy atom. The van der Waals surface area contributed by atoms with Crippen molar-refractivity contribution < 1.29 is 0 Å². The molecule has 13 heavy (non-hydrogen) atoms. The minimum absolute atomic E-state index is 0. The fraction of sp³-hybridized carbons (Fsp3) is 0.400. The lowest BCUT2D eigenvalue weighted by molar-refractivity contribution is 0.639. The second-order valence-electron chi connectivity index (χ2n) is 3.59. The van der Waals surface area contributed by atoms with Gasteiger partial charge < -0.3 is 5.32 Å². The largest absolute Gasteiger partial charge is 0.303 e. The minimum atomic E-state index is 0. The molecule has 70 valence electrons. The van der Waals surface area contributed by atoms with Gasteiger partial charge in [-0.3, -0.25) is 0 Å². The fourth-order valence-corrected chi connectivity index (χ4v) is 2.75. The van der Waals surface area contributed by atoms with Crippen LogP contribution in [0.25, 0.3) is 0 Å². The molecule has 2 atom stereocenters. The van der Waals surface area contributed by atoms with Gasteiger partial charge in [0.25, 0.3) is 0 Å². The zero-order valence-corrected chi connectivity index (χ0v) is 8.66. The van der Waals surface area contributed by atoms with Gasteiger partial charge >= 0.3 is 0 Å². The average molecular weight is 216 g/mol. The Hall–Kier alpha value is -0.240. The molecule has 2 aliphatic rings. The molecule has 0 saturated carbocycles. The van der Waals surface area contributed by atoms with Gasteiger partial charge in [-0.25, -0.2) is 0 Å². The lowest BCUT2D eigenvalue weighted by Gasteiger charge is -2.13. The second kappa shape index (κ2) is 3.16. The monoisotopic (exact) mass is 215 g/mol. The Labute approximate surface area is 88.9 Å². The van der Waals surface area contributed by atoms with Crippen molar-refractivity contribution in [2.24, 2.45) is 0 Å². The van der Waals surface area contributed by atoms with E-state index in [4.69, 9.17) is 11.6 Å². The van der Waals surface area contributed by atoms with E-state index >= 15 is 0 Å². The number of rotatable bonds is 0. The van der Waals surface area contributed by atoms with Gasteiger partial charge in [0.15, 0.2) is 0 Å². The third kappa shape index (κ3) is 1.18. The molecule has 0 amide bonds. The van der Waals surface area contributed by atoms with Crippen molar-refractivity contribution in [1.29, 1.82) is 0 Å². The van der Waals surface area contributed by atoms with Gasteiger partial charge in [0.1, 0.15) is 0 Å². The summed E-state index contributed by atoms with van der Waals surface area (Å²) in [5, 5.41) is 4.49. The Morgan fingerprint density at radius 3 is 2.77 bits per heavy atom. The summed E-state index contributed by atoms with van der Waals surface area (Å²) in [6.07, 6.45) is 2.53. The normalized spacial score (nSPS) is 28.4. The van der Waals surface area contributed by atoms with Crippen molar-refractivity contribution in [2.45, 2.75) is 24.9 Å². The molecule has 2 unspecified atom stereocenters. The second-order valence-corrected chi connectivity index (χ2v) is 4.00. The summed E-state index contributed by atoms with van der Waals surface area (Å²) in [6.45, 7) is 0. The summed E-state index contributed by atoms with van der Waals surface area (Å²) < 4.78 is 0. The lowest BCUT2D eigenvalue weighted by Crippen LogP contribution is -2.06. The van der Waals surface area contributed by atoms with Crippen LogP contribution in [0.1, 0.15) is 36.1 Å². The molecule has 2 bridgehead atoms. The van der Waals surface area contributed by atoms with Crippen LogP contribution in [-0.2, 0) is 0 Å². The first-order valence-corrected chi connectivity index (χ1v) is 4.78. The van der Waals surface area contributed by atoms with Gasteiger partial charge in [0.2, 0.25) is 0 Å². The maximum Gasteiger partial charge on any atom is 0.0457 e. The van der Waals surface area contributed by atoms with Crippen molar-refractivity contribution in [3.8, 4) is 0 Å². The zero-order chi connectivity index (χ0) is 8.13. The maximum absolute atomic E-state index is 6.12. The van der Waals surface area contributed by atoms with Crippen LogP contribution in [0.4, 0.5) is 0 Å². The van der Waals surface area contributed by atoms with Crippen LogP contribution in [-0.4, -0.2) is 0 Å². The standard InChI is InChI=1S/C10H10ClN.ClH/c11-7-3-1-2-6-8-4-5-9(12-8)10(6)7;/h1-3,8-9,12H,4-5H2;1H. The van der Waals surface area contributed by atoms with Crippen LogP contribution < -0.4 is 5.32 Å². The number of hydrogen-bond acceptors (Lipinski definition) is 1. The molecule has 0 aromatic heterocycles. The Morgan fingerprint density at radius 2 is 2.00 bits per heavy atom. The number of nitrogens with one attached hydrogen (secondary N) is 1. The molecule has 0 spiro atoms. The third-order valence-electron chi connectivity index (χ3n) is 2.96. The molecular formula is C10H11Cl2N. The predicted octanol–water partition coefficient (Wildman–Crippen LogP) is 3.24. The number of fused-ring (bicyclic) bond motifs is 5. The van der Waals surface area contributed by atoms with Crippen molar-refractivity contribution in [1.82, 2.24) is 5.32 Å². The maximum atomic E-state index is 6.12. The van der Waals surface area contributed by atoms with Crippen molar-refractivity contribution in [2.75, 3.05) is 0 Å². The van der Waals surface area contributed by atoms with Crippen LogP contribution in [0.3, 0.4) is 0 Å². The van der Waals surface area contributed by atoms with E-state index in [2.05, 4.69) is 11.4 Å². The molecule has 0 aliphatic carbocycles. The molecule has 1 aromatic rings. The summed E-state index contributed by atoms with van der Waals surface area (Å²) in [7, 11) is 0. The molecule has 2 aliphatic heterocycles. The van der Waals surface area contributed by atoms with Gasteiger partial charge in [-0.05, 0) is 30.0 Å². The van der Waals surface area contributed by atoms with Crippen LogP contribution in [0.5, 0.6) is 0 Å². The summed E-state index contributed by atoms with van der Waals surface area (Å²) in [6, 6.07) is 7.35. The number of benzene rings is 1. The van der Waals surface area contributed by atoms with E-state index in [-0.39, 0.29) is 12.4 Å². The van der Waals surface area contributed by atoms with Gasteiger partial charge in [-0.2, -0.15) is 0 Å². The van der Waals surface area contributed by atoms with Crippen LogP contribution in [0.15, 0.2) is 18.2 Å². The van der Waals surface area contributed by atoms with E-state index in [9.17, 15) is 0 Å². The topological polar surface area (TPSA) is 12.0 Å². The highest BCUT2D eigenvalue weighted by molar-refractivity contribution is 6.31. The van der Waals surface area contributed by atoms with E-state index in [0.29, 0.717) is 12.1 Å². The molecule has 1 fully saturated rings. The summed E-state index contributed by atoms with van der Waals surface area (Å²) in [4.78, 5) is 0. The molecule has 1 nitrogen and oxygen atoms in total. The molecule has 2 heterocycles. The SMILES string of the molecule is Cl.Clc1cccc2c1C1CCC2N1. The van der Waals surface area contributed by atoms with Crippen molar-refractivity contribution >= 4 is 24.0 Å². The summed E-state index contributed by atoms with van der Waals surface area (Å²) in [5.41, 5.74) is 2.79. The lowest BCUT2D eigenvalue weighted by atomic mass is 9.92. The fourth-order valence-electron chi connectivity index (χ4n) is 2.44. The van der Waals surface area contributed by atoms with Crippen molar-refractivity contribution in [3.63, 3.8) is 0 Å². The minimum Gasteiger partial charge on any atom is -0.303 e. The Bertz CT molecular complexity index is 338. The molecule has 1 saturated heterocycles. The summed E-state index contributed by atoms with van der Waals surface area (Å²) >= 11 is 6.12. The highest BCUT2D eigenvalue weighted by Crippen LogP contribution is 2.47. The van der Waals surface area contributed by atoms with E-state index in [1.165, 1.54) is 24.0 Å². The van der Waals surface area contributed by atoms with Crippen LogP contribution in [0.2, 0.25) is 5.02 Å². The molecule has 1 N–H and O–H groups in total. The molecule has 3 rings (SSSR count). The number of halogens is 2. The predicted molar refractivity (Wildman–Crippen MR) is 56.6 cm³/mol.